The summed E-state index contributed by atoms with van der Waals surface area (Å²) in [6.07, 6.45) is 0. The van der Waals surface area contributed by atoms with Gasteiger partial charge in [0.2, 0.25) is 11.5 Å². The molecule has 0 aliphatic carbocycles. The second-order valence-electron chi connectivity index (χ2n) is 4.94. The van der Waals surface area contributed by atoms with E-state index in [-0.39, 0.29) is 24.8 Å². The Labute approximate surface area is 146 Å². The monoisotopic (exact) mass is 364 g/mol. The van der Waals surface area contributed by atoms with Crippen LogP contribution in [0.25, 0.3) is 11.0 Å². The maximum atomic E-state index is 12.3. The number of thiophene rings is 1. The highest BCUT2D eigenvalue weighted by Gasteiger charge is 2.23. The zero-order chi connectivity index (χ0) is 17.1. The number of esters is 1. The molecule has 3 aromatic rings. The van der Waals surface area contributed by atoms with Crippen molar-refractivity contribution in [3.8, 4) is 0 Å². The highest BCUT2D eigenvalue weighted by atomic mass is 35.5. The number of carbonyl (C=O) groups is 2. The van der Waals surface area contributed by atoms with Gasteiger partial charge in [-0.2, -0.15) is 0 Å². The maximum Gasteiger partial charge on any atom is 0.375 e. The van der Waals surface area contributed by atoms with Crippen LogP contribution in [0.5, 0.6) is 0 Å². The summed E-state index contributed by atoms with van der Waals surface area (Å²) >= 11 is 6.93. The van der Waals surface area contributed by atoms with Crippen LogP contribution in [-0.4, -0.2) is 25.5 Å². The lowest BCUT2D eigenvalue weighted by Crippen LogP contribution is -2.14. The SMILES string of the molecule is COCc1c(C(=O)OCC(=O)c2ccc(Cl)s2)oc2ccccc12. The van der Waals surface area contributed by atoms with Crippen LogP contribution < -0.4 is 0 Å². The Balaban J connectivity index is 1.78. The quantitative estimate of drug-likeness (QED) is 0.481. The molecule has 0 aliphatic heterocycles. The third kappa shape index (κ3) is 3.36. The fourth-order valence-corrected chi connectivity index (χ4v) is 3.25. The summed E-state index contributed by atoms with van der Waals surface area (Å²) in [4.78, 5) is 24.7. The first kappa shape index (κ1) is 16.7. The van der Waals surface area contributed by atoms with Crippen molar-refractivity contribution in [3.05, 3.63) is 56.9 Å². The minimum absolute atomic E-state index is 0.0510. The molecule has 0 fully saturated rings. The predicted molar refractivity (Wildman–Crippen MR) is 90.9 cm³/mol. The first-order chi connectivity index (χ1) is 11.6. The molecule has 2 aromatic heterocycles. The van der Waals surface area contributed by atoms with Crippen molar-refractivity contribution < 1.29 is 23.5 Å². The van der Waals surface area contributed by atoms with E-state index in [0.717, 1.165) is 16.7 Å². The van der Waals surface area contributed by atoms with Crippen LogP contribution in [0.3, 0.4) is 0 Å². The van der Waals surface area contributed by atoms with Gasteiger partial charge in [0.1, 0.15) is 5.58 Å². The van der Waals surface area contributed by atoms with Gasteiger partial charge in [-0.3, -0.25) is 4.79 Å². The number of rotatable bonds is 6. The Morgan fingerprint density at radius 1 is 1.21 bits per heavy atom. The summed E-state index contributed by atoms with van der Waals surface area (Å²) in [5.74, 6) is -0.964. The number of ether oxygens (including phenoxy) is 2. The second kappa shape index (κ2) is 7.17. The van der Waals surface area contributed by atoms with E-state index in [9.17, 15) is 9.59 Å². The molecule has 0 bridgehead atoms. The highest BCUT2D eigenvalue weighted by molar-refractivity contribution is 7.18. The van der Waals surface area contributed by atoms with Gasteiger partial charge in [-0.05, 0) is 18.2 Å². The zero-order valence-electron chi connectivity index (χ0n) is 12.7. The number of halogens is 1. The van der Waals surface area contributed by atoms with Crippen molar-refractivity contribution in [2.45, 2.75) is 6.61 Å². The Bertz CT molecular complexity index is 895. The Morgan fingerprint density at radius 2 is 2.00 bits per heavy atom. The van der Waals surface area contributed by atoms with Crippen LogP contribution in [0.2, 0.25) is 4.34 Å². The summed E-state index contributed by atoms with van der Waals surface area (Å²) in [7, 11) is 1.53. The molecule has 124 valence electrons. The van der Waals surface area contributed by atoms with Gasteiger partial charge in [-0.15, -0.1) is 11.3 Å². The second-order valence-corrected chi connectivity index (χ2v) is 6.66. The fraction of sp³-hybridized carbons (Fsp3) is 0.176. The molecule has 0 N–H and O–H groups in total. The largest absolute Gasteiger partial charge is 0.451 e. The number of ketones is 1. The number of Topliss-reactive ketones (excluding diaryl/α,β-unsaturated/α-hetero) is 1. The average molecular weight is 365 g/mol. The summed E-state index contributed by atoms with van der Waals surface area (Å²) in [6.45, 7) is -0.172. The van der Waals surface area contributed by atoms with Crippen LogP contribution in [0, 0.1) is 0 Å². The smallest absolute Gasteiger partial charge is 0.375 e. The normalized spacial score (nSPS) is 10.9. The van der Waals surface area contributed by atoms with Crippen molar-refractivity contribution in [1.29, 1.82) is 0 Å². The number of fused-ring (bicyclic) bond motifs is 1. The number of methoxy groups -OCH3 is 1. The third-order valence-corrected chi connectivity index (χ3v) is 4.63. The van der Waals surface area contributed by atoms with Crippen molar-refractivity contribution in [2.75, 3.05) is 13.7 Å². The van der Waals surface area contributed by atoms with Gasteiger partial charge in [-0.1, -0.05) is 29.8 Å². The van der Waals surface area contributed by atoms with Gasteiger partial charge in [0.05, 0.1) is 15.8 Å². The molecular formula is C17H13ClO5S. The van der Waals surface area contributed by atoms with E-state index >= 15 is 0 Å². The molecule has 24 heavy (non-hydrogen) atoms. The van der Waals surface area contributed by atoms with Crippen LogP contribution in [0.1, 0.15) is 25.8 Å². The number of carbonyl (C=O) groups excluding carboxylic acids is 2. The number of hydrogen-bond donors (Lipinski definition) is 0. The molecule has 2 heterocycles. The van der Waals surface area contributed by atoms with Gasteiger partial charge in [0.25, 0.3) is 0 Å². The van der Waals surface area contributed by atoms with Crippen LogP contribution >= 0.6 is 22.9 Å². The van der Waals surface area contributed by atoms with Crippen LogP contribution in [0.15, 0.2) is 40.8 Å². The zero-order valence-corrected chi connectivity index (χ0v) is 14.3. The summed E-state index contributed by atoms with van der Waals surface area (Å²) < 4.78 is 16.3. The minimum atomic E-state index is -0.700. The fourth-order valence-electron chi connectivity index (χ4n) is 2.28. The summed E-state index contributed by atoms with van der Waals surface area (Å²) in [6, 6.07) is 10.5. The minimum Gasteiger partial charge on any atom is -0.451 e. The van der Waals surface area contributed by atoms with E-state index in [1.165, 1.54) is 7.11 Å². The first-order valence-corrected chi connectivity index (χ1v) is 8.24. The lowest BCUT2D eigenvalue weighted by molar-refractivity contribution is 0.0442. The molecule has 0 amide bonds. The van der Waals surface area contributed by atoms with Gasteiger partial charge < -0.3 is 13.9 Å². The van der Waals surface area contributed by atoms with Crippen molar-refractivity contribution >= 4 is 45.7 Å². The van der Waals surface area contributed by atoms with E-state index in [4.69, 9.17) is 25.5 Å². The van der Waals surface area contributed by atoms with Crippen molar-refractivity contribution in [1.82, 2.24) is 0 Å². The Morgan fingerprint density at radius 3 is 2.71 bits per heavy atom. The van der Waals surface area contributed by atoms with Gasteiger partial charge in [-0.25, -0.2) is 4.79 Å². The van der Waals surface area contributed by atoms with Crippen LogP contribution in [-0.2, 0) is 16.1 Å². The number of hydrogen-bond acceptors (Lipinski definition) is 6. The molecule has 7 heteroatoms. The van der Waals surface area contributed by atoms with Gasteiger partial charge in [0, 0.05) is 18.1 Å². The molecule has 0 saturated carbocycles. The lowest BCUT2D eigenvalue weighted by atomic mass is 10.1. The molecule has 0 spiro atoms. The lowest BCUT2D eigenvalue weighted by Gasteiger charge is -2.03. The maximum absolute atomic E-state index is 12.3. The average Bonchev–Trinajstić information content (AvgIpc) is 3.17. The third-order valence-electron chi connectivity index (χ3n) is 3.35. The van der Waals surface area contributed by atoms with E-state index < -0.39 is 5.97 Å². The molecule has 0 atom stereocenters. The molecule has 0 unspecified atom stereocenters. The number of benzene rings is 1. The van der Waals surface area contributed by atoms with E-state index in [1.54, 1.807) is 18.2 Å². The molecule has 0 radical (unpaired) electrons. The van der Waals surface area contributed by atoms with E-state index in [2.05, 4.69) is 0 Å². The molecular weight excluding hydrogens is 352 g/mol. The Kier molecular flexibility index (Phi) is 4.99. The molecule has 1 aromatic carbocycles. The van der Waals surface area contributed by atoms with E-state index in [1.807, 2.05) is 18.2 Å². The number of furan rings is 1. The van der Waals surface area contributed by atoms with Crippen molar-refractivity contribution in [2.24, 2.45) is 0 Å². The molecule has 0 saturated heterocycles. The summed E-state index contributed by atoms with van der Waals surface area (Å²) in [5.41, 5.74) is 1.16. The molecule has 0 aliphatic rings. The number of para-hydroxylation sites is 1. The molecule has 5 nitrogen and oxygen atoms in total. The van der Waals surface area contributed by atoms with Gasteiger partial charge >= 0.3 is 5.97 Å². The predicted octanol–water partition coefficient (Wildman–Crippen LogP) is 4.33. The highest BCUT2D eigenvalue weighted by Crippen LogP contribution is 2.27. The van der Waals surface area contributed by atoms with E-state index in [0.29, 0.717) is 20.4 Å². The first-order valence-electron chi connectivity index (χ1n) is 7.05. The summed E-state index contributed by atoms with van der Waals surface area (Å²) in [5, 5.41) is 0.780. The Hall–Kier alpha value is -2.15. The molecule has 3 rings (SSSR count). The topological polar surface area (TPSA) is 65.7 Å². The van der Waals surface area contributed by atoms with Gasteiger partial charge in [0.15, 0.2) is 6.61 Å². The standard InChI is InChI=1S/C17H13ClO5S/c1-21-8-11-10-4-2-3-5-13(10)23-16(11)17(20)22-9-12(19)14-6-7-15(18)24-14/h2-7H,8-9H2,1H3. The van der Waals surface area contributed by atoms with Crippen LogP contribution in [0.4, 0.5) is 0 Å². The van der Waals surface area contributed by atoms with Crippen molar-refractivity contribution in [3.63, 3.8) is 0 Å².